The molecule has 0 aliphatic carbocycles. The van der Waals surface area contributed by atoms with Crippen LogP contribution in [-0.2, 0) is 6.42 Å². The van der Waals surface area contributed by atoms with Crippen LogP contribution in [0.3, 0.4) is 0 Å². The van der Waals surface area contributed by atoms with E-state index in [-0.39, 0.29) is 12.5 Å². The molecule has 1 aromatic heterocycles. The van der Waals surface area contributed by atoms with Gasteiger partial charge in [0.15, 0.2) is 0 Å². The molecular formula is C18H17N3O3. The zero-order valence-electron chi connectivity index (χ0n) is 13.2. The van der Waals surface area contributed by atoms with Crippen LogP contribution in [0.1, 0.15) is 21.8 Å². The van der Waals surface area contributed by atoms with E-state index in [9.17, 15) is 4.79 Å². The van der Waals surface area contributed by atoms with Crippen molar-refractivity contribution < 1.29 is 14.3 Å². The van der Waals surface area contributed by atoms with Crippen LogP contribution in [0.15, 0.2) is 52.9 Å². The number of hydrogen-bond acceptors (Lipinski definition) is 5. The van der Waals surface area contributed by atoms with Crippen LogP contribution < -0.4 is 5.32 Å². The molecule has 0 saturated carbocycles. The number of aromatic nitrogens is 2. The maximum atomic E-state index is 12.3. The van der Waals surface area contributed by atoms with Crippen LogP contribution in [0.5, 0.6) is 0 Å². The molecule has 0 spiro atoms. The maximum Gasteiger partial charge on any atom is 0.255 e. The number of rotatable bonds is 5. The van der Waals surface area contributed by atoms with Gasteiger partial charge in [0, 0.05) is 30.3 Å². The third-order valence-electron chi connectivity index (χ3n) is 3.53. The Balaban J connectivity index is 1.68. The smallest absolute Gasteiger partial charge is 0.255 e. The van der Waals surface area contributed by atoms with Gasteiger partial charge in [0.05, 0.1) is 0 Å². The van der Waals surface area contributed by atoms with Gasteiger partial charge in [-0.25, -0.2) is 0 Å². The minimum Gasteiger partial charge on any atom is -0.421 e. The summed E-state index contributed by atoms with van der Waals surface area (Å²) in [5, 5.41) is 19.5. The molecule has 0 aliphatic heterocycles. The van der Waals surface area contributed by atoms with E-state index in [1.807, 2.05) is 24.3 Å². The van der Waals surface area contributed by atoms with E-state index in [0.29, 0.717) is 29.5 Å². The van der Waals surface area contributed by atoms with Crippen molar-refractivity contribution in [3.63, 3.8) is 0 Å². The second-order valence-electron chi connectivity index (χ2n) is 5.33. The summed E-state index contributed by atoms with van der Waals surface area (Å²) in [6.07, 6.45) is 0.602. The number of aliphatic hydroxyl groups is 1. The Morgan fingerprint density at radius 3 is 2.38 bits per heavy atom. The number of hydrogen-bond donors (Lipinski definition) is 2. The summed E-state index contributed by atoms with van der Waals surface area (Å²) in [4.78, 5) is 12.3. The Morgan fingerprint density at radius 1 is 1.08 bits per heavy atom. The second-order valence-corrected chi connectivity index (χ2v) is 5.33. The third-order valence-corrected chi connectivity index (χ3v) is 3.53. The molecule has 0 unspecified atom stereocenters. The minimum absolute atomic E-state index is 0.109. The summed E-state index contributed by atoms with van der Waals surface area (Å²) >= 11 is 0. The number of amides is 1. The van der Waals surface area contributed by atoms with Crippen LogP contribution in [0.4, 0.5) is 5.69 Å². The fraction of sp³-hybridized carbons (Fsp3) is 0.167. The molecule has 6 heteroatoms. The molecule has 1 heterocycles. The van der Waals surface area contributed by atoms with Gasteiger partial charge in [0.1, 0.15) is 0 Å². The summed E-state index contributed by atoms with van der Waals surface area (Å²) in [5.41, 5.74) is 3.03. The maximum absolute atomic E-state index is 12.3. The first-order valence-corrected chi connectivity index (χ1v) is 7.57. The van der Waals surface area contributed by atoms with Gasteiger partial charge < -0.3 is 14.8 Å². The SMILES string of the molecule is Cc1nnc(-c2ccc(C(=O)Nc3ccc(CCO)cc3)cc2)o1. The number of benzene rings is 2. The topological polar surface area (TPSA) is 88.2 Å². The van der Waals surface area contributed by atoms with Gasteiger partial charge in [-0.05, 0) is 48.4 Å². The quantitative estimate of drug-likeness (QED) is 0.754. The molecule has 6 nitrogen and oxygen atoms in total. The van der Waals surface area contributed by atoms with Crippen molar-refractivity contribution in [3.05, 3.63) is 65.5 Å². The molecule has 0 aliphatic rings. The first-order valence-electron chi connectivity index (χ1n) is 7.57. The van der Waals surface area contributed by atoms with Crippen molar-refractivity contribution in [3.8, 4) is 11.5 Å². The molecular weight excluding hydrogens is 306 g/mol. The molecule has 0 atom stereocenters. The number of carbonyl (C=O) groups excluding carboxylic acids is 1. The van der Waals surface area contributed by atoms with Gasteiger partial charge in [-0.1, -0.05) is 12.1 Å². The van der Waals surface area contributed by atoms with Gasteiger partial charge in [-0.15, -0.1) is 10.2 Å². The molecule has 0 fully saturated rings. The molecule has 0 bridgehead atoms. The standard InChI is InChI=1S/C18H17N3O3/c1-12-20-21-18(24-12)15-6-4-14(5-7-15)17(23)19-16-8-2-13(3-9-16)10-11-22/h2-9,22H,10-11H2,1H3,(H,19,23). The lowest BCUT2D eigenvalue weighted by Crippen LogP contribution is -2.11. The van der Waals surface area contributed by atoms with Gasteiger partial charge in [-0.2, -0.15) is 0 Å². The number of nitrogens with one attached hydrogen (secondary N) is 1. The Labute approximate surface area is 139 Å². The highest BCUT2D eigenvalue weighted by Crippen LogP contribution is 2.19. The van der Waals surface area contributed by atoms with Crippen molar-refractivity contribution in [1.29, 1.82) is 0 Å². The van der Waals surface area contributed by atoms with E-state index in [0.717, 1.165) is 11.1 Å². The van der Waals surface area contributed by atoms with E-state index < -0.39 is 0 Å². The summed E-state index contributed by atoms with van der Waals surface area (Å²) in [6.45, 7) is 1.84. The Morgan fingerprint density at radius 2 is 1.79 bits per heavy atom. The fourth-order valence-corrected chi connectivity index (χ4v) is 2.26. The fourth-order valence-electron chi connectivity index (χ4n) is 2.26. The van der Waals surface area contributed by atoms with Crippen molar-refractivity contribution in [2.75, 3.05) is 11.9 Å². The summed E-state index contributed by atoms with van der Waals surface area (Å²) in [6, 6.07) is 14.4. The highest BCUT2D eigenvalue weighted by atomic mass is 16.4. The zero-order valence-corrected chi connectivity index (χ0v) is 13.2. The van der Waals surface area contributed by atoms with Crippen molar-refractivity contribution in [2.45, 2.75) is 13.3 Å². The van der Waals surface area contributed by atoms with E-state index >= 15 is 0 Å². The molecule has 3 aromatic rings. The van der Waals surface area contributed by atoms with Crippen LogP contribution in [0.25, 0.3) is 11.5 Å². The van der Waals surface area contributed by atoms with E-state index in [2.05, 4.69) is 15.5 Å². The van der Waals surface area contributed by atoms with E-state index in [4.69, 9.17) is 9.52 Å². The Hall–Kier alpha value is -2.99. The molecule has 3 rings (SSSR count). The second kappa shape index (κ2) is 7.06. The first-order chi connectivity index (χ1) is 11.7. The van der Waals surface area contributed by atoms with Crippen molar-refractivity contribution in [2.24, 2.45) is 0 Å². The molecule has 2 N–H and O–H groups in total. The molecule has 24 heavy (non-hydrogen) atoms. The Kier molecular flexibility index (Phi) is 4.67. The average molecular weight is 323 g/mol. The monoisotopic (exact) mass is 323 g/mol. The number of aryl methyl sites for hydroxylation is 1. The lowest BCUT2D eigenvalue weighted by Gasteiger charge is -2.06. The number of nitrogens with zero attached hydrogens (tertiary/aromatic N) is 2. The summed E-state index contributed by atoms with van der Waals surface area (Å²) < 4.78 is 5.36. The third kappa shape index (κ3) is 3.67. The van der Waals surface area contributed by atoms with Crippen LogP contribution in [-0.4, -0.2) is 27.8 Å². The molecule has 0 radical (unpaired) electrons. The minimum atomic E-state index is -0.196. The normalized spacial score (nSPS) is 10.6. The summed E-state index contributed by atoms with van der Waals surface area (Å²) in [5.74, 6) is 0.730. The van der Waals surface area contributed by atoms with Crippen molar-refractivity contribution >= 4 is 11.6 Å². The molecule has 122 valence electrons. The first kappa shape index (κ1) is 15.9. The van der Waals surface area contributed by atoms with Gasteiger partial charge in [-0.3, -0.25) is 4.79 Å². The number of aliphatic hydroxyl groups excluding tert-OH is 1. The molecule has 0 saturated heterocycles. The van der Waals surface area contributed by atoms with E-state index in [1.54, 1.807) is 31.2 Å². The van der Waals surface area contributed by atoms with Crippen molar-refractivity contribution in [1.82, 2.24) is 10.2 Å². The lowest BCUT2D eigenvalue weighted by atomic mass is 10.1. The molecule has 1 amide bonds. The molecule has 2 aromatic carbocycles. The highest BCUT2D eigenvalue weighted by molar-refractivity contribution is 6.04. The van der Waals surface area contributed by atoms with Gasteiger partial charge >= 0.3 is 0 Å². The van der Waals surface area contributed by atoms with Gasteiger partial charge in [0.25, 0.3) is 5.91 Å². The predicted octanol–water partition coefficient (Wildman–Crippen LogP) is 2.83. The predicted molar refractivity (Wildman–Crippen MR) is 89.7 cm³/mol. The zero-order chi connectivity index (χ0) is 16.9. The van der Waals surface area contributed by atoms with E-state index in [1.165, 1.54) is 0 Å². The largest absolute Gasteiger partial charge is 0.421 e. The van der Waals surface area contributed by atoms with Gasteiger partial charge in [0.2, 0.25) is 11.8 Å². The summed E-state index contributed by atoms with van der Waals surface area (Å²) in [7, 11) is 0. The van der Waals surface area contributed by atoms with Crippen LogP contribution in [0.2, 0.25) is 0 Å². The lowest BCUT2D eigenvalue weighted by molar-refractivity contribution is 0.102. The number of anilines is 1. The van der Waals surface area contributed by atoms with Crippen LogP contribution >= 0.6 is 0 Å². The Bertz CT molecular complexity index is 823. The average Bonchev–Trinajstić information content (AvgIpc) is 3.03. The van der Waals surface area contributed by atoms with Crippen LogP contribution in [0, 0.1) is 6.92 Å². The highest BCUT2D eigenvalue weighted by Gasteiger charge is 2.09. The number of carbonyl (C=O) groups is 1.